The first kappa shape index (κ1) is 25.8. The normalized spacial score (nSPS) is 17.6. The Hall–Kier alpha value is -2.26. The lowest BCUT2D eigenvalue weighted by atomic mass is 10.0. The van der Waals surface area contributed by atoms with Gasteiger partial charge in [-0.2, -0.15) is 0 Å². The topological polar surface area (TPSA) is 119 Å². The van der Waals surface area contributed by atoms with Gasteiger partial charge in [-0.15, -0.1) is 17.0 Å². The highest BCUT2D eigenvalue weighted by atomic mass is 79.9. The van der Waals surface area contributed by atoms with E-state index in [0.29, 0.717) is 24.9 Å². The molecule has 30 heavy (non-hydrogen) atoms. The molecule has 1 fully saturated rings. The van der Waals surface area contributed by atoms with Crippen molar-refractivity contribution in [3.63, 3.8) is 0 Å². The van der Waals surface area contributed by atoms with E-state index in [9.17, 15) is 19.2 Å². The van der Waals surface area contributed by atoms with Crippen LogP contribution in [0.25, 0.3) is 0 Å². The zero-order valence-electron chi connectivity index (χ0n) is 17.5. The van der Waals surface area contributed by atoms with E-state index < -0.39 is 36.6 Å². The maximum atomic E-state index is 13.0. The van der Waals surface area contributed by atoms with E-state index in [1.807, 2.05) is 13.8 Å². The molecule has 1 aliphatic heterocycles. The van der Waals surface area contributed by atoms with Crippen molar-refractivity contribution in [2.24, 2.45) is 11.7 Å². The number of benzene rings is 1. The highest BCUT2D eigenvalue weighted by molar-refractivity contribution is 8.93. The minimum absolute atomic E-state index is 0. The van der Waals surface area contributed by atoms with E-state index in [4.69, 9.17) is 10.5 Å². The number of halogens is 1. The lowest BCUT2D eigenvalue weighted by Crippen LogP contribution is -2.56. The minimum Gasteiger partial charge on any atom is -0.454 e. The first-order valence-corrected chi connectivity index (χ1v) is 9.83. The van der Waals surface area contributed by atoms with Gasteiger partial charge in [0.1, 0.15) is 6.04 Å². The van der Waals surface area contributed by atoms with Gasteiger partial charge < -0.3 is 20.7 Å². The van der Waals surface area contributed by atoms with E-state index in [2.05, 4.69) is 5.32 Å². The Morgan fingerprint density at radius 3 is 2.37 bits per heavy atom. The monoisotopic (exact) mass is 483 g/mol. The van der Waals surface area contributed by atoms with Crippen molar-refractivity contribution in [3.8, 4) is 0 Å². The number of nitrogens with two attached hydrogens (primary N) is 1. The molecular formula is C21H30BrN3O5. The van der Waals surface area contributed by atoms with Crippen molar-refractivity contribution >= 4 is 40.5 Å². The van der Waals surface area contributed by atoms with E-state index in [1.54, 1.807) is 37.3 Å². The van der Waals surface area contributed by atoms with Gasteiger partial charge >= 0.3 is 5.97 Å². The average Bonchev–Trinajstić information content (AvgIpc) is 3.19. The molecule has 0 unspecified atom stereocenters. The van der Waals surface area contributed by atoms with Gasteiger partial charge in [0, 0.05) is 6.54 Å². The fourth-order valence-electron chi connectivity index (χ4n) is 3.23. The molecular weight excluding hydrogens is 454 g/mol. The highest BCUT2D eigenvalue weighted by Crippen LogP contribution is 2.21. The maximum Gasteiger partial charge on any atom is 0.338 e. The maximum absolute atomic E-state index is 13.0. The number of carbonyl (C=O) groups is 4. The number of nitrogens with one attached hydrogen (secondary N) is 1. The first-order chi connectivity index (χ1) is 13.7. The Kier molecular flexibility index (Phi) is 10.1. The van der Waals surface area contributed by atoms with Crippen molar-refractivity contribution < 1.29 is 23.9 Å². The number of Topliss-reactive ketones (excluding diaryl/α,β-unsaturated/α-hetero) is 1. The van der Waals surface area contributed by atoms with Gasteiger partial charge in [-0.1, -0.05) is 32.0 Å². The Morgan fingerprint density at radius 2 is 1.80 bits per heavy atom. The molecule has 9 heteroatoms. The van der Waals surface area contributed by atoms with Crippen molar-refractivity contribution in [3.05, 3.63) is 35.9 Å². The number of ketones is 1. The van der Waals surface area contributed by atoms with Gasteiger partial charge in [0.25, 0.3) is 0 Å². The van der Waals surface area contributed by atoms with Crippen LogP contribution in [0.1, 0.15) is 44.0 Å². The molecule has 0 aromatic heterocycles. The summed E-state index contributed by atoms with van der Waals surface area (Å²) < 4.78 is 5.12. The van der Waals surface area contributed by atoms with Gasteiger partial charge in [-0.3, -0.25) is 14.4 Å². The number of amides is 2. The summed E-state index contributed by atoms with van der Waals surface area (Å²) in [7, 11) is 0. The second kappa shape index (κ2) is 11.8. The average molecular weight is 484 g/mol. The van der Waals surface area contributed by atoms with Crippen LogP contribution in [0.3, 0.4) is 0 Å². The largest absolute Gasteiger partial charge is 0.454 e. The molecule has 2 amide bonds. The minimum atomic E-state index is -0.770. The van der Waals surface area contributed by atoms with Crippen molar-refractivity contribution in [2.75, 3.05) is 13.2 Å². The van der Waals surface area contributed by atoms with Crippen molar-refractivity contribution in [1.82, 2.24) is 10.2 Å². The smallest absolute Gasteiger partial charge is 0.338 e. The number of rotatable bonds is 8. The van der Waals surface area contributed by atoms with Gasteiger partial charge in [-0.25, -0.2) is 4.79 Å². The lowest BCUT2D eigenvalue weighted by Gasteiger charge is -2.30. The second-order valence-corrected chi connectivity index (χ2v) is 7.62. The molecule has 8 nitrogen and oxygen atoms in total. The Balaban J connectivity index is 0.00000450. The molecule has 3 atom stereocenters. The van der Waals surface area contributed by atoms with Gasteiger partial charge in [-0.05, 0) is 37.8 Å². The van der Waals surface area contributed by atoms with Crippen molar-refractivity contribution in [1.29, 1.82) is 0 Å². The summed E-state index contributed by atoms with van der Waals surface area (Å²) in [5.41, 5.74) is 5.95. The number of nitrogens with zero attached hydrogens (tertiary/aromatic N) is 1. The quantitative estimate of drug-likeness (QED) is 0.540. The summed E-state index contributed by atoms with van der Waals surface area (Å²) >= 11 is 0. The number of ether oxygens (including phenoxy) is 1. The summed E-state index contributed by atoms with van der Waals surface area (Å²) in [6, 6.07) is 6.22. The number of hydrogen-bond acceptors (Lipinski definition) is 6. The summed E-state index contributed by atoms with van der Waals surface area (Å²) in [5, 5.41) is 2.67. The van der Waals surface area contributed by atoms with E-state index in [-0.39, 0.29) is 34.6 Å². The predicted molar refractivity (Wildman–Crippen MR) is 117 cm³/mol. The predicted octanol–water partition coefficient (Wildman–Crippen LogP) is 1.47. The zero-order valence-corrected chi connectivity index (χ0v) is 19.2. The van der Waals surface area contributed by atoms with Gasteiger partial charge in [0.05, 0.1) is 17.6 Å². The molecule has 1 aromatic carbocycles. The van der Waals surface area contributed by atoms with Crippen LogP contribution < -0.4 is 11.1 Å². The molecule has 0 saturated carbocycles. The van der Waals surface area contributed by atoms with Crippen LogP contribution in [0.5, 0.6) is 0 Å². The van der Waals surface area contributed by atoms with E-state index in [0.717, 1.165) is 0 Å². The molecule has 3 N–H and O–H groups in total. The van der Waals surface area contributed by atoms with Crippen LogP contribution in [0.4, 0.5) is 0 Å². The molecule has 0 bridgehead atoms. The summed E-state index contributed by atoms with van der Waals surface area (Å²) in [6.07, 6.45) is 1.17. The molecule has 1 aliphatic rings. The third kappa shape index (κ3) is 6.63. The first-order valence-electron chi connectivity index (χ1n) is 9.83. The SMILES string of the molecule is Br.CC(C)[C@H](NC(=O)[C@H](C)N)C(=O)N1CCC[C@H]1C(=O)COC(=O)c1ccccc1. The molecule has 0 aliphatic carbocycles. The fourth-order valence-corrected chi connectivity index (χ4v) is 3.23. The van der Waals surface area contributed by atoms with Crippen LogP contribution >= 0.6 is 17.0 Å². The zero-order chi connectivity index (χ0) is 21.6. The number of carbonyl (C=O) groups excluding carboxylic acids is 4. The number of esters is 1. The molecule has 1 heterocycles. The van der Waals surface area contributed by atoms with Gasteiger partial charge in [0.2, 0.25) is 11.8 Å². The van der Waals surface area contributed by atoms with Gasteiger partial charge in [0.15, 0.2) is 12.4 Å². The van der Waals surface area contributed by atoms with Crippen molar-refractivity contribution in [2.45, 2.75) is 51.7 Å². The number of hydrogen-bond donors (Lipinski definition) is 2. The fraction of sp³-hybridized carbons (Fsp3) is 0.524. The van der Waals surface area contributed by atoms with Crippen LogP contribution in [-0.2, 0) is 19.1 Å². The molecule has 1 saturated heterocycles. The third-order valence-corrected chi connectivity index (χ3v) is 4.91. The van der Waals surface area contributed by atoms with E-state index >= 15 is 0 Å². The number of likely N-dealkylation sites (tertiary alicyclic amines) is 1. The summed E-state index contributed by atoms with van der Waals surface area (Å²) in [5.74, 6) is -1.83. The summed E-state index contributed by atoms with van der Waals surface area (Å²) in [4.78, 5) is 51.2. The standard InChI is InChI=1S/C21H29N3O5.BrH/c1-13(2)18(23-19(26)14(3)22)20(27)24-11-7-10-16(24)17(25)12-29-21(28)15-8-5-4-6-9-15;/h4-6,8-9,13-14,16,18H,7,10-12,22H2,1-3H3,(H,23,26);1H/t14-,16-,18-;/m0./s1. The lowest BCUT2D eigenvalue weighted by molar-refractivity contribution is -0.142. The van der Waals surface area contributed by atoms with Crippen LogP contribution in [-0.4, -0.2) is 59.7 Å². The Bertz CT molecular complexity index is 754. The van der Waals surface area contributed by atoms with Crippen LogP contribution in [0, 0.1) is 5.92 Å². The highest BCUT2D eigenvalue weighted by Gasteiger charge is 2.38. The van der Waals surface area contributed by atoms with Crippen LogP contribution in [0.15, 0.2) is 30.3 Å². The molecule has 1 aromatic rings. The molecule has 2 rings (SSSR count). The Morgan fingerprint density at radius 1 is 1.17 bits per heavy atom. The van der Waals surface area contributed by atoms with Crippen LogP contribution in [0.2, 0.25) is 0 Å². The second-order valence-electron chi connectivity index (χ2n) is 7.62. The molecule has 166 valence electrons. The molecule has 0 spiro atoms. The summed E-state index contributed by atoms with van der Waals surface area (Å²) in [6.45, 7) is 5.19. The Labute approximate surface area is 187 Å². The molecule has 0 radical (unpaired) electrons. The third-order valence-electron chi connectivity index (χ3n) is 4.91. The van der Waals surface area contributed by atoms with E-state index in [1.165, 1.54) is 4.90 Å².